The van der Waals surface area contributed by atoms with Gasteiger partial charge in [-0.1, -0.05) is 48.5 Å². The van der Waals surface area contributed by atoms with Gasteiger partial charge in [-0.15, -0.1) is 11.3 Å². The number of carbonyl (C=O) groups is 2. The van der Waals surface area contributed by atoms with Crippen LogP contribution in [-0.4, -0.2) is 32.9 Å². The van der Waals surface area contributed by atoms with E-state index in [4.69, 9.17) is 0 Å². The van der Waals surface area contributed by atoms with Crippen LogP contribution in [-0.2, 0) is 6.42 Å². The maximum Gasteiger partial charge on any atom is 0.276 e. The number of aryl methyl sites for hydroxylation is 1. The van der Waals surface area contributed by atoms with Crippen molar-refractivity contribution in [1.29, 1.82) is 0 Å². The molecule has 222 valence electrons. The fourth-order valence-electron chi connectivity index (χ4n) is 5.54. The molecular weight excluding hydrogens is 592 g/mol. The van der Waals surface area contributed by atoms with Crippen molar-refractivity contribution in [2.75, 3.05) is 16.8 Å². The van der Waals surface area contributed by atoms with E-state index in [9.17, 15) is 18.4 Å². The van der Waals surface area contributed by atoms with Crippen molar-refractivity contribution >= 4 is 34.5 Å². The van der Waals surface area contributed by atoms with E-state index in [-0.39, 0.29) is 23.2 Å². The molecule has 7 rings (SSSR count). The average Bonchev–Trinajstić information content (AvgIpc) is 3.68. The second-order valence-electron chi connectivity index (χ2n) is 10.6. The number of halogens is 2. The number of hydrogen-bond acceptors (Lipinski definition) is 5. The van der Waals surface area contributed by atoms with Crippen LogP contribution in [0.1, 0.15) is 31.3 Å². The Morgan fingerprint density at radius 3 is 2.47 bits per heavy atom. The molecule has 0 spiro atoms. The number of pyridine rings is 1. The zero-order valence-electron chi connectivity index (χ0n) is 24.0. The first-order chi connectivity index (χ1) is 21.9. The van der Waals surface area contributed by atoms with Crippen molar-refractivity contribution < 1.29 is 18.4 Å². The highest BCUT2D eigenvalue weighted by Gasteiger charge is 2.28. The van der Waals surface area contributed by atoms with Crippen LogP contribution in [0.4, 0.5) is 20.2 Å². The molecule has 0 saturated carbocycles. The number of nitrogens with one attached hydrogen (secondary N) is 1. The first kappa shape index (κ1) is 28.3. The number of thiophene rings is 1. The number of aromatic nitrogens is 3. The summed E-state index contributed by atoms with van der Waals surface area (Å²) in [6.45, 7) is 2.10. The van der Waals surface area contributed by atoms with E-state index in [2.05, 4.69) is 15.3 Å². The number of rotatable bonds is 5. The maximum atomic E-state index is 14.6. The minimum Gasteiger partial charge on any atom is -0.319 e. The number of fused-ring (bicyclic) bond motifs is 3. The van der Waals surface area contributed by atoms with Crippen LogP contribution in [0.3, 0.4) is 0 Å². The Balaban J connectivity index is 1.20. The molecule has 1 aliphatic heterocycles. The van der Waals surface area contributed by atoms with E-state index in [1.165, 1.54) is 29.8 Å². The zero-order chi connectivity index (χ0) is 31.1. The van der Waals surface area contributed by atoms with Gasteiger partial charge in [-0.3, -0.25) is 14.2 Å². The Labute approximate surface area is 261 Å². The summed E-state index contributed by atoms with van der Waals surface area (Å²) >= 11 is 1.31. The van der Waals surface area contributed by atoms with E-state index in [0.717, 1.165) is 16.0 Å². The minimum absolute atomic E-state index is 0.162. The van der Waals surface area contributed by atoms with Crippen molar-refractivity contribution in [1.82, 2.24) is 14.5 Å². The van der Waals surface area contributed by atoms with Gasteiger partial charge in [-0.25, -0.2) is 18.7 Å². The number of hydrogen-bond donors (Lipinski definition) is 1. The van der Waals surface area contributed by atoms with Gasteiger partial charge in [-0.2, -0.15) is 0 Å². The summed E-state index contributed by atoms with van der Waals surface area (Å²) in [6.07, 6.45) is 3.60. The van der Waals surface area contributed by atoms with Gasteiger partial charge in [0.1, 0.15) is 17.3 Å². The van der Waals surface area contributed by atoms with Gasteiger partial charge in [0.15, 0.2) is 0 Å². The molecule has 0 saturated heterocycles. The van der Waals surface area contributed by atoms with Gasteiger partial charge < -0.3 is 10.2 Å². The molecule has 4 heterocycles. The van der Waals surface area contributed by atoms with Gasteiger partial charge in [0, 0.05) is 17.0 Å². The highest BCUT2D eigenvalue weighted by molar-refractivity contribution is 7.17. The Morgan fingerprint density at radius 2 is 1.64 bits per heavy atom. The molecule has 45 heavy (non-hydrogen) atoms. The molecule has 2 amide bonds. The molecule has 0 unspecified atom stereocenters. The molecule has 7 nitrogen and oxygen atoms in total. The first-order valence-corrected chi connectivity index (χ1v) is 15.1. The number of nitrogens with zero attached hydrogens (tertiary/aromatic N) is 4. The van der Waals surface area contributed by atoms with Crippen LogP contribution in [0.25, 0.3) is 27.5 Å². The van der Waals surface area contributed by atoms with Crippen molar-refractivity contribution in [2.24, 2.45) is 0 Å². The van der Waals surface area contributed by atoms with Crippen LogP contribution >= 0.6 is 11.3 Å². The molecule has 0 fully saturated rings. The molecule has 1 aliphatic rings. The van der Waals surface area contributed by atoms with E-state index in [0.29, 0.717) is 46.2 Å². The van der Waals surface area contributed by atoms with Gasteiger partial charge in [-0.05, 0) is 66.9 Å². The topological polar surface area (TPSA) is 80.1 Å². The normalized spacial score (nSPS) is 12.3. The van der Waals surface area contributed by atoms with Gasteiger partial charge in [0.05, 0.1) is 45.9 Å². The molecule has 0 aliphatic carbocycles. The molecule has 10 heteroatoms. The molecule has 1 N–H and O–H groups in total. The third kappa shape index (κ3) is 5.19. The van der Waals surface area contributed by atoms with Gasteiger partial charge in [0.25, 0.3) is 11.8 Å². The molecule has 0 radical (unpaired) electrons. The molecule has 6 aromatic rings. The summed E-state index contributed by atoms with van der Waals surface area (Å²) in [5, 5.41) is 2.72. The largest absolute Gasteiger partial charge is 0.319 e. The van der Waals surface area contributed by atoms with Crippen molar-refractivity contribution in [3.63, 3.8) is 0 Å². The third-order valence-electron chi connectivity index (χ3n) is 7.76. The lowest BCUT2D eigenvalue weighted by molar-refractivity contribution is 0.0981. The molecular formula is C35H25F2N5O2S. The van der Waals surface area contributed by atoms with Gasteiger partial charge >= 0.3 is 0 Å². The second kappa shape index (κ2) is 11.5. The highest BCUT2D eigenvalue weighted by Crippen LogP contribution is 2.42. The lowest BCUT2D eigenvalue weighted by Gasteiger charge is -2.23. The number of carbonyl (C=O) groups excluding carboxylic acids is 2. The predicted molar refractivity (Wildman–Crippen MR) is 171 cm³/mol. The van der Waals surface area contributed by atoms with E-state index in [1.807, 2.05) is 30.3 Å². The van der Waals surface area contributed by atoms with Crippen molar-refractivity contribution in [3.8, 4) is 27.5 Å². The Morgan fingerprint density at radius 1 is 0.889 bits per heavy atom. The van der Waals surface area contributed by atoms with Crippen LogP contribution < -0.4 is 10.2 Å². The monoisotopic (exact) mass is 617 g/mol. The molecule has 3 aromatic carbocycles. The van der Waals surface area contributed by atoms with Crippen LogP contribution in [0.15, 0.2) is 104 Å². The predicted octanol–water partition coefficient (Wildman–Crippen LogP) is 7.70. The van der Waals surface area contributed by atoms with Crippen LogP contribution in [0.5, 0.6) is 0 Å². The first-order valence-electron chi connectivity index (χ1n) is 14.2. The second-order valence-corrected chi connectivity index (χ2v) is 11.6. The van der Waals surface area contributed by atoms with E-state index in [1.54, 1.807) is 71.1 Å². The summed E-state index contributed by atoms with van der Waals surface area (Å²) in [4.78, 5) is 39.2. The molecule has 3 aromatic heterocycles. The van der Waals surface area contributed by atoms with E-state index >= 15 is 0 Å². The van der Waals surface area contributed by atoms with E-state index < -0.39 is 11.6 Å². The summed E-state index contributed by atoms with van der Waals surface area (Å²) in [7, 11) is 0. The Hall–Kier alpha value is -5.48. The fourth-order valence-corrected chi connectivity index (χ4v) is 6.68. The van der Waals surface area contributed by atoms with Crippen molar-refractivity contribution in [3.05, 3.63) is 137 Å². The smallest absolute Gasteiger partial charge is 0.276 e. The van der Waals surface area contributed by atoms with Crippen molar-refractivity contribution in [2.45, 2.75) is 13.3 Å². The molecule has 0 atom stereocenters. The number of anilines is 2. The lowest BCUT2D eigenvalue weighted by Crippen LogP contribution is -2.33. The number of imidazole rings is 1. The summed E-state index contributed by atoms with van der Waals surface area (Å²) < 4.78 is 30.6. The summed E-state index contributed by atoms with van der Waals surface area (Å²) in [5.74, 6) is -1.57. The lowest BCUT2D eigenvalue weighted by atomic mass is 10.1. The molecule has 0 bridgehead atoms. The number of amides is 2. The zero-order valence-corrected chi connectivity index (χ0v) is 24.8. The maximum absolute atomic E-state index is 14.6. The standard InChI is InChI=1S/C35H25F2N5O2S/c1-21-8-6-11-25(37)32(21)40-34(43)31-18-22-16-17-41(28-14-4-2-9-23(28)33(22)45-31)35(44)27-13-7-12-26(39-27)30-19-38-20-42(30)29-15-5-3-10-24(29)36/h2-15,18-20H,16-17H2,1H3,(H,40,43). The highest BCUT2D eigenvalue weighted by atomic mass is 32.1. The van der Waals surface area contributed by atoms with Crippen LogP contribution in [0.2, 0.25) is 0 Å². The number of benzene rings is 3. The quantitative estimate of drug-likeness (QED) is 0.215. The fraction of sp³-hybridized carbons (Fsp3) is 0.0857. The Kier molecular flexibility index (Phi) is 7.26. The Bertz CT molecular complexity index is 2080. The summed E-state index contributed by atoms with van der Waals surface area (Å²) in [6, 6.07) is 25.6. The summed E-state index contributed by atoms with van der Waals surface area (Å²) in [5.41, 5.74) is 4.82. The van der Waals surface area contributed by atoms with Crippen LogP contribution in [0, 0.1) is 18.6 Å². The third-order valence-corrected chi connectivity index (χ3v) is 8.97. The van der Waals surface area contributed by atoms with Gasteiger partial charge in [0.2, 0.25) is 0 Å². The average molecular weight is 618 g/mol. The number of para-hydroxylation sites is 3. The minimum atomic E-state index is -0.490. The SMILES string of the molecule is Cc1cccc(F)c1NC(=O)c1cc2c(s1)-c1ccccc1N(C(=O)c1cccc(-c3cncn3-c3ccccc3F)n1)CC2.